The molecule has 2 aromatic heterocycles. The van der Waals surface area contributed by atoms with Crippen molar-refractivity contribution < 1.29 is 4.79 Å². The fourth-order valence-electron chi connectivity index (χ4n) is 2.07. The molecule has 134 valence electrons. The number of carbonyl (C=O) groups is 1. The number of amides is 1. The Kier molecular flexibility index (Phi) is 6.08. The number of aromatic nitrogens is 3. The van der Waals surface area contributed by atoms with Crippen LogP contribution in [0.1, 0.15) is 27.7 Å². The second-order valence-corrected chi connectivity index (χ2v) is 8.11. The molecule has 0 spiro atoms. The van der Waals surface area contributed by atoms with E-state index in [2.05, 4.69) is 20.7 Å². The van der Waals surface area contributed by atoms with Gasteiger partial charge in [0.05, 0.1) is 14.9 Å². The standard InChI is InChI=1S/C17H16ClN5OS2/c1-11(14-7-8-15(18)26-14)20-21-16(24)13-5-3-12(4-6-13)9-25-17-22-19-10-23(17)2/h3-8,10H,9H2,1-2H3,(H,21,24)/b20-11-. The molecule has 0 fully saturated rings. The van der Waals surface area contributed by atoms with Crippen LogP contribution in [0.3, 0.4) is 0 Å². The number of hydrogen-bond acceptors (Lipinski definition) is 6. The maximum absolute atomic E-state index is 12.2. The van der Waals surface area contributed by atoms with Crippen molar-refractivity contribution in [1.82, 2.24) is 20.2 Å². The number of thiophene rings is 1. The summed E-state index contributed by atoms with van der Waals surface area (Å²) in [5.41, 5.74) is 4.94. The zero-order chi connectivity index (χ0) is 18.5. The zero-order valence-corrected chi connectivity index (χ0v) is 16.5. The van der Waals surface area contributed by atoms with E-state index in [4.69, 9.17) is 11.6 Å². The van der Waals surface area contributed by atoms with E-state index in [0.717, 1.165) is 21.3 Å². The number of rotatable bonds is 6. The van der Waals surface area contributed by atoms with Gasteiger partial charge in [-0.25, -0.2) is 5.43 Å². The molecule has 0 radical (unpaired) electrons. The molecular formula is C17H16ClN5OS2. The van der Waals surface area contributed by atoms with Gasteiger partial charge in [-0.05, 0) is 36.8 Å². The molecule has 0 aliphatic heterocycles. The summed E-state index contributed by atoms with van der Waals surface area (Å²) >= 11 is 8.92. The molecule has 1 aromatic carbocycles. The lowest BCUT2D eigenvalue weighted by molar-refractivity contribution is 0.0955. The van der Waals surface area contributed by atoms with Crippen molar-refractivity contribution in [1.29, 1.82) is 0 Å². The average molecular weight is 406 g/mol. The van der Waals surface area contributed by atoms with E-state index in [1.807, 2.05) is 36.7 Å². The summed E-state index contributed by atoms with van der Waals surface area (Å²) in [5, 5.41) is 12.9. The number of carbonyl (C=O) groups excluding carboxylic acids is 1. The first kappa shape index (κ1) is 18.6. The van der Waals surface area contributed by atoms with E-state index in [1.54, 1.807) is 36.3 Å². The summed E-state index contributed by atoms with van der Waals surface area (Å²) < 4.78 is 2.56. The predicted molar refractivity (Wildman–Crippen MR) is 106 cm³/mol. The van der Waals surface area contributed by atoms with Crippen LogP contribution in [0.5, 0.6) is 0 Å². The molecule has 0 saturated carbocycles. The van der Waals surface area contributed by atoms with Gasteiger partial charge in [-0.2, -0.15) is 5.10 Å². The largest absolute Gasteiger partial charge is 0.312 e. The lowest BCUT2D eigenvalue weighted by Gasteiger charge is -2.04. The molecule has 3 aromatic rings. The highest BCUT2D eigenvalue weighted by molar-refractivity contribution is 7.98. The normalized spacial score (nSPS) is 11.6. The van der Waals surface area contributed by atoms with Gasteiger partial charge in [0, 0.05) is 18.4 Å². The van der Waals surface area contributed by atoms with Crippen LogP contribution in [0.2, 0.25) is 4.34 Å². The van der Waals surface area contributed by atoms with Crippen molar-refractivity contribution in [3.8, 4) is 0 Å². The Labute approximate surface area is 164 Å². The summed E-state index contributed by atoms with van der Waals surface area (Å²) in [6.45, 7) is 1.83. The smallest absolute Gasteiger partial charge is 0.271 e. The molecule has 9 heteroatoms. The quantitative estimate of drug-likeness (QED) is 0.382. The van der Waals surface area contributed by atoms with Crippen molar-refractivity contribution in [2.24, 2.45) is 12.1 Å². The highest BCUT2D eigenvalue weighted by Crippen LogP contribution is 2.22. The van der Waals surface area contributed by atoms with Crippen LogP contribution in [-0.2, 0) is 12.8 Å². The van der Waals surface area contributed by atoms with Gasteiger partial charge in [0.15, 0.2) is 5.16 Å². The Bertz CT molecular complexity index is 933. The first-order chi connectivity index (χ1) is 12.5. The number of benzene rings is 1. The molecule has 2 heterocycles. The Morgan fingerprint density at radius 2 is 2.08 bits per heavy atom. The third-order valence-electron chi connectivity index (χ3n) is 3.51. The minimum Gasteiger partial charge on any atom is -0.312 e. The molecule has 1 amide bonds. The van der Waals surface area contributed by atoms with Gasteiger partial charge in [0.25, 0.3) is 5.91 Å². The summed E-state index contributed by atoms with van der Waals surface area (Å²) in [4.78, 5) is 13.1. The summed E-state index contributed by atoms with van der Waals surface area (Å²) in [6.07, 6.45) is 1.67. The monoisotopic (exact) mass is 405 g/mol. The molecule has 0 unspecified atom stereocenters. The second kappa shape index (κ2) is 8.48. The topological polar surface area (TPSA) is 72.2 Å². The predicted octanol–water partition coefficient (Wildman–Crippen LogP) is 3.98. The van der Waals surface area contributed by atoms with Gasteiger partial charge in [-0.15, -0.1) is 21.5 Å². The van der Waals surface area contributed by atoms with Crippen LogP contribution in [0.25, 0.3) is 0 Å². The van der Waals surface area contributed by atoms with E-state index in [0.29, 0.717) is 15.6 Å². The van der Waals surface area contributed by atoms with E-state index in [1.165, 1.54) is 11.3 Å². The Morgan fingerprint density at radius 3 is 2.69 bits per heavy atom. The lowest BCUT2D eigenvalue weighted by atomic mass is 10.1. The fraction of sp³-hybridized carbons (Fsp3) is 0.176. The molecule has 0 aliphatic carbocycles. The molecule has 26 heavy (non-hydrogen) atoms. The Morgan fingerprint density at radius 1 is 1.31 bits per heavy atom. The summed E-state index contributed by atoms with van der Waals surface area (Å²) in [6, 6.07) is 11.1. The van der Waals surface area contributed by atoms with Gasteiger partial charge in [0.1, 0.15) is 6.33 Å². The first-order valence-corrected chi connectivity index (χ1v) is 9.87. The average Bonchev–Trinajstić information content (AvgIpc) is 3.26. The Hall–Kier alpha value is -2.16. The van der Waals surface area contributed by atoms with Gasteiger partial charge in [-0.3, -0.25) is 4.79 Å². The van der Waals surface area contributed by atoms with Crippen molar-refractivity contribution >= 4 is 46.3 Å². The maximum Gasteiger partial charge on any atom is 0.271 e. The van der Waals surface area contributed by atoms with E-state index >= 15 is 0 Å². The second-order valence-electron chi connectivity index (χ2n) is 5.45. The highest BCUT2D eigenvalue weighted by atomic mass is 35.5. The number of hydrogen-bond donors (Lipinski definition) is 1. The minimum atomic E-state index is -0.250. The summed E-state index contributed by atoms with van der Waals surface area (Å²) in [5.74, 6) is 0.504. The van der Waals surface area contributed by atoms with Crippen molar-refractivity contribution in [2.75, 3.05) is 0 Å². The summed E-state index contributed by atoms with van der Waals surface area (Å²) in [7, 11) is 1.91. The maximum atomic E-state index is 12.2. The number of nitrogens with one attached hydrogen (secondary N) is 1. The van der Waals surface area contributed by atoms with Gasteiger partial charge >= 0.3 is 0 Å². The number of thioether (sulfide) groups is 1. The molecule has 0 atom stereocenters. The fourth-order valence-corrected chi connectivity index (χ4v) is 3.90. The van der Waals surface area contributed by atoms with Crippen LogP contribution in [0.15, 0.2) is 53.0 Å². The molecule has 0 saturated heterocycles. The van der Waals surface area contributed by atoms with Gasteiger partial charge in [0.2, 0.25) is 0 Å². The first-order valence-electron chi connectivity index (χ1n) is 7.69. The van der Waals surface area contributed by atoms with E-state index in [-0.39, 0.29) is 5.91 Å². The van der Waals surface area contributed by atoms with Crippen LogP contribution < -0.4 is 5.43 Å². The molecular weight excluding hydrogens is 390 g/mol. The van der Waals surface area contributed by atoms with Crippen molar-refractivity contribution in [3.05, 3.63) is 63.1 Å². The number of nitrogens with zero attached hydrogens (tertiary/aromatic N) is 4. The third kappa shape index (κ3) is 4.72. The molecule has 6 nitrogen and oxygen atoms in total. The molecule has 1 N–H and O–H groups in total. The van der Waals surface area contributed by atoms with E-state index in [9.17, 15) is 4.79 Å². The minimum absolute atomic E-state index is 0.250. The van der Waals surface area contributed by atoms with Crippen LogP contribution in [-0.4, -0.2) is 26.4 Å². The third-order valence-corrected chi connectivity index (χ3v) is 5.95. The van der Waals surface area contributed by atoms with Crippen molar-refractivity contribution in [2.45, 2.75) is 17.8 Å². The van der Waals surface area contributed by atoms with Crippen LogP contribution >= 0.6 is 34.7 Å². The van der Waals surface area contributed by atoms with Gasteiger partial charge < -0.3 is 4.57 Å². The number of halogens is 1. The SMILES string of the molecule is C/C(=N/NC(=O)c1ccc(CSc2nncn2C)cc1)c1ccc(Cl)s1. The van der Waals surface area contributed by atoms with Crippen LogP contribution in [0.4, 0.5) is 0 Å². The van der Waals surface area contributed by atoms with Crippen LogP contribution in [0, 0.1) is 0 Å². The zero-order valence-electron chi connectivity index (χ0n) is 14.1. The van der Waals surface area contributed by atoms with Gasteiger partial charge in [-0.1, -0.05) is 35.5 Å². The molecule has 0 bridgehead atoms. The molecule has 3 rings (SSSR count). The highest BCUT2D eigenvalue weighted by Gasteiger charge is 2.07. The number of aryl methyl sites for hydroxylation is 1. The van der Waals surface area contributed by atoms with E-state index < -0.39 is 0 Å². The molecule has 0 aliphatic rings. The lowest BCUT2D eigenvalue weighted by Crippen LogP contribution is -2.19. The van der Waals surface area contributed by atoms with Crippen molar-refractivity contribution in [3.63, 3.8) is 0 Å². The number of hydrazone groups is 1. The Balaban J connectivity index is 1.57.